The Kier molecular flexibility index (Phi) is 3.91. The first-order valence-corrected chi connectivity index (χ1v) is 8.23. The molecule has 0 aliphatic heterocycles. The van der Waals surface area contributed by atoms with E-state index in [4.69, 9.17) is 16.2 Å². The molecule has 0 bridgehead atoms. The maximum Gasteiger partial charge on any atom is 0.265 e. The van der Waals surface area contributed by atoms with Gasteiger partial charge in [-0.25, -0.2) is 0 Å². The van der Waals surface area contributed by atoms with Gasteiger partial charge in [0.15, 0.2) is 6.54 Å². The van der Waals surface area contributed by atoms with Gasteiger partial charge in [-0.15, -0.1) is 0 Å². The summed E-state index contributed by atoms with van der Waals surface area (Å²) < 4.78 is 33.5. The molecule has 18 heavy (non-hydrogen) atoms. The van der Waals surface area contributed by atoms with Crippen LogP contribution < -0.4 is 4.57 Å². The minimum Gasteiger partial charge on any atom is -0.286 e. The van der Waals surface area contributed by atoms with Gasteiger partial charge < -0.3 is 0 Å². The predicted octanol–water partition coefficient (Wildman–Crippen LogP) is 2.37. The Morgan fingerprint density at radius 2 is 2.22 bits per heavy atom. The van der Waals surface area contributed by atoms with Gasteiger partial charge in [-0.1, -0.05) is 29.9 Å². The summed E-state index contributed by atoms with van der Waals surface area (Å²) in [5.74, 6) is -0.403. The Morgan fingerprint density at radius 1 is 1.50 bits per heavy atom. The normalized spacial score (nSPS) is 13.9. The highest BCUT2D eigenvalue weighted by Gasteiger charge is 2.19. The van der Waals surface area contributed by atoms with Crippen molar-refractivity contribution in [3.05, 3.63) is 28.7 Å². The zero-order valence-corrected chi connectivity index (χ0v) is 12.1. The van der Waals surface area contributed by atoms with Crippen LogP contribution in [0.4, 0.5) is 0 Å². The van der Waals surface area contributed by atoms with Crippen molar-refractivity contribution in [3.8, 4) is 0 Å². The second-order valence-electron chi connectivity index (χ2n) is 4.34. The molecule has 0 aliphatic carbocycles. The number of fused-ring (bicyclic) bond motifs is 1. The lowest BCUT2D eigenvalue weighted by Crippen LogP contribution is -2.37. The molecule has 0 saturated heterocycles. The molecule has 0 aliphatic rings. The van der Waals surface area contributed by atoms with Gasteiger partial charge in [-0.05, 0) is 12.1 Å². The summed E-state index contributed by atoms with van der Waals surface area (Å²) in [6.07, 6.45) is 0. The van der Waals surface area contributed by atoms with Crippen molar-refractivity contribution in [1.82, 2.24) is 0 Å². The van der Waals surface area contributed by atoms with E-state index < -0.39 is 10.1 Å². The van der Waals surface area contributed by atoms with Gasteiger partial charge in [0.1, 0.15) is 4.70 Å². The third-order valence-corrected chi connectivity index (χ3v) is 4.73. The summed E-state index contributed by atoms with van der Waals surface area (Å²) in [4.78, 5) is 0. The molecule has 1 heterocycles. The minimum absolute atomic E-state index is 0.165. The molecule has 0 spiro atoms. The molecule has 7 heteroatoms. The molecule has 1 unspecified atom stereocenters. The summed E-state index contributed by atoms with van der Waals surface area (Å²) in [7, 11) is -3.92. The predicted molar refractivity (Wildman–Crippen MR) is 72.6 cm³/mol. The highest BCUT2D eigenvalue weighted by atomic mass is 35.5. The minimum atomic E-state index is -3.92. The maximum absolute atomic E-state index is 10.8. The number of benzene rings is 1. The number of halogens is 1. The van der Waals surface area contributed by atoms with Gasteiger partial charge in [0.2, 0.25) is 11.0 Å². The van der Waals surface area contributed by atoms with E-state index in [0.717, 1.165) is 10.2 Å². The molecule has 0 fully saturated rings. The van der Waals surface area contributed by atoms with Crippen LogP contribution in [-0.2, 0) is 16.7 Å². The number of thiazole rings is 1. The van der Waals surface area contributed by atoms with Crippen LogP contribution in [0.25, 0.3) is 10.2 Å². The van der Waals surface area contributed by atoms with Crippen LogP contribution in [-0.4, -0.2) is 18.7 Å². The van der Waals surface area contributed by atoms with Crippen molar-refractivity contribution in [2.75, 3.05) is 5.75 Å². The topological polar surface area (TPSA) is 58.2 Å². The van der Waals surface area contributed by atoms with E-state index in [-0.39, 0.29) is 11.7 Å². The lowest BCUT2D eigenvalue weighted by atomic mass is 10.2. The Labute approximate surface area is 115 Å². The molecular weight excluding hydrogens is 294 g/mol. The largest absolute Gasteiger partial charge is 0.286 e. The Morgan fingerprint density at radius 3 is 2.89 bits per heavy atom. The second-order valence-corrected chi connectivity index (χ2v) is 7.16. The highest BCUT2D eigenvalue weighted by molar-refractivity contribution is 7.85. The van der Waals surface area contributed by atoms with Crippen molar-refractivity contribution in [1.29, 1.82) is 0 Å². The Hall–Kier alpha value is -0.690. The van der Waals surface area contributed by atoms with Crippen molar-refractivity contribution >= 4 is 43.3 Å². The van der Waals surface area contributed by atoms with E-state index in [9.17, 15) is 8.42 Å². The van der Waals surface area contributed by atoms with Crippen LogP contribution in [0.2, 0.25) is 5.02 Å². The molecule has 1 N–H and O–H groups in total. The molecule has 2 rings (SSSR count). The molecule has 1 aromatic carbocycles. The summed E-state index contributed by atoms with van der Waals surface area (Å²) in [6.45, 7) is 2.31. The molecule has 98 valence electrons. The Balaban J connectivity index is 2.24. The molecule has 4 nitrogen and oxygen atoms in total. The molecule has 1 atom stereocenters. The average Bonchev–Trinajstić information content (AvgIpc) is 2.58. The fourth-order valence-electron chi connectivity index (χ4n) is 1.88. The van der Waals surface area contributed by atoms with E-state index in [2.05, 4.69) is 0 Å². The summed E-state index contributed by atoms with van der Waals surface area (Å²) in [6, 6.07) is 5.62. The smallest absolute Gasteiger partial charge is 0.265 e. The molecule has 0 amide bonds. The summed E-state index contributed by atoms with van der Waals surface area (Å²) in [5.41, 5.74) is 2.91. The second kappa shape index (κ2) is 5.13. The van der Waals surface area contributed by atoms with E-state index in [0.29, 0.717) is 11.6 Å². The number of hydrogen-bond acceptors (Lipinski definition) is 3. The fourth-order valence-corrected chi connectivity index (χ4v) is 3.76. The molecule has 1 aromatic heterocycles. The van der Waals surface area contributed by atoms with Gasteiger partial charge in [-0.2, -0.15) is 13.0 Å². The van der Waals surface area contributed by atoms with Gasteiger partial charge >= 0.3 is 0 Å². The van der Waals surface area contributed by atoms with E-state index >= 15 is 0 Å². The first-order valence-electron chi connectivity index (χ1n) is 5.36. The average molecular weight is 307 g/mol. The zero-order chi connectivity index (χ0) is 13.3. The van der Waals surface area contributed by atoms with Crippen LogP contribution in [0.5, 0.6) is 0 Å². The van der Waals surface area contributed by atoms with E-state index in [1.807, 2.05) is 28.3 Å². The molecule has 2 aromatic rings. The standard InChI is InChI=1S/C11H12ClNO3S2/c1-8(6-18(14,15)16)5-13-7-17-11-3-2-9(12)4-10(11)13/h2-4,7-8H,5-6H2,1H3/p+1. The van der Waals surface area contributed by atoms with Crippen molar-refractivity contribution < 1.29 is 17.5 Å². The van der Waals surface area contributed by atoms with Gasteiger partial charge in [0.05, 0.1) is 5.75 Å². The monoisotopic (exact) mass is 306 g/mol. The maximum atomic E-state index is 10.8. The highest BCUT2D eigenvalue weighted by Crippen LogP contribution is 2.20. The van der Waals surface area contributed by atoms with Crippen LogP contribution in [0.15, 0.2) is 23.7 Å². The van der Waals surface area contributed by atoms with E-state index in [1.165, 1.54) is 0 Å². The van der Waals surface area contributed by atoms with Gasteiger partial charge in [0.25, 0.3) is 10.1 Å². The third kappa shape index (κ3) is 3.41. The van der Waals surface area contributed by atoms with Crippen molar-refractivity contribution in [2.24, 2.45) is 5.92 Å². The third-order valence-electron chi connectivity index (χ3n) is 2.54. The van der Waals surface area contributed by atoms with Crippen LogP contribution in [0.1, 0.15) is 6.92 Å². The Bertz CT molecular complexity index is 666. The van der Waals surface area contributed by atoms with E-state index in [1.54, 1.807) is 18.3 Å². The molecule has 0 radical (unpaired) electrons. The first-order chi connectivity index (χ1) is 8.35. The van der Waals surface area contributed by atoms with Gasteiger partial charge in [0, 0.05) is 17.0 Å². The number of rotatable bonds is 4. The van der Waals surface area contributed by atoms with Crippen LogP contribution in [0, 0.1) is 5.92 Å². The fraction of sp³-hybridized carbons (Fsp3) is 0.364. The van der Waals surface area contributed by atoms with Crippen LogP contribution >= 0.6 is 22.9 Å². The SMILES string of the molecule is CC(C[n+]1csc2ccc(Cl)cc21)CS(=O)(=O)O. The first kappa shape index (κ1) is 13.7. The number of nitrogens with zero attached hydrogens (tertiary/aromatic N) is 1. The zero-order valence-electron chi connectivity index (χ0n) is 9.71. The lowest BCUT2D eigenvalue weighted by molar-refractivity contribution is -0.672. The van der Waals surface area contributed by atoms with Gasteiger partial charge in [-0.3, -0.25) is 4.55 Å². The summed E-state index contributed by atoms with van der Waals surface area (Å²) >= 11 is 7.52. The summed E-state index contributed by atoms with van der Waals surface area (Å²) in [5, 5.41) is 0.650. The van der Waals surface area contributed by atoms with Crippen molar-refractivity contribution in [2.45, 2.75) is 13.5 Å². The molecular formula is C11H13ClNO3S2+. The number of aromatic nitrogens is 1. The number of hydrogen-bond donors (Lipinski definition) is 1. The molecule has 0 saturated carbocycles. The lowest BCUT2D eigenvalue weighted by Gasteiger charge is -2.04. The quantitative estimate of drug-likeness (QED) is 0.697. The van der Waals surface area contributed by atoms with Crippen LogP contribution in [0.3, 0.4) is 0 Å². The van der Waals surface area contributed by atoms with Crippen molar-refractivity contribution in [3.63, 3.8) is 0 Å².